The van der Waals surface area contributed by atoms with Gasteiger partial charge in [0.2, 0.25) is 0 Å². The van der Waals surface area contributed by atoms with E-state index >= 15 is 0 Å². The third-order valence-electron chi connectivity index (χ3n) is 4.14. The van der Waals surface area contributed by atoms with E-state index in [0.717, 1.165) is 11.1 Å². The number of carbonyl (C=O) groups is 1. The van der Waals surface area contributed by atoms with Crippen LogP contribution in [0.25, 0.3) is 0 Å². The Kier molecular flexibility index (Phi) is 4.09. The standard InChI is InChI=1S/C18H19FN2O/c1-14-6-2-3-7-15(14)18(22)21-12-10-20(11-13-21)17-9-5-4-8-16(17)19/h2-9H,10-13H2,1H3. The lowest BCUT2D eigenvalue weighted by Crippen LogP contribution is -2.49. The SMILES string of the molecule is Cc1ccccc1C(=O)N1CCN(c2ccccc2F)CC1. The maximum atomic E-state index is 13.8. The Morgan fingerprint density at radius 1 is 0.955 bits per heavy atom. The summed E-state index contributed by atoms with van der Waals surface area (Å²) in [6.45, 7) is 4.48. The van der Waals surface area contributed by atoms with Gasteiger partial charge in [-0.2, -0.15) is 0 Å². The van der Waals surface area contributed by atoms with Gasteiger partial charge in [-0.25, -0.2) is 4.39 Å². The molecule has 1 aliphatic rings. The third-order valence-corrected chi connectivity index (χ3v) is 4.14. The van der Waals surface area contributed by atoms with E-state index in [9.17, 15) is 9.18 Å². The number of anilines is 1. The molecule has 3 rings (SSSR count). The highest BCUT2D eigenvalue weighted by atomic mass is 19.1. The number of halogens is 1. The van der Waals surface area contributed by atoms with Gasteiger partial charge < -0.3 is 9.80 Å². The van der Waals surface area contributed by atoms with Crippen LogP contribution in [-0.2, 0) is 0 Å². The van der Waals surface area contributed by atoms with Crippen LogP contribution >= 0.6 is 0 Å². The summed E-state index contributed by atoms with van der Waals surface area (Å²) in [6, 6.07) is 14.4. The summed E-state index contributed by atoms with van der Waals surface area (Å²) >= 11 is 0. The summed E-state index contributed by atoms with van der Waals surface area (Å²) in [5, 5.41) is 0. The predicted octanol–water partition coefficient (Wildman–Crippen LogP) is 3.10. The van der Waals surface area contributed by atoms with Gasteiger partial charge in [0.1, 0.15) is 5.82 Å². The molecule has 1 saturated heterocycles. The summed E-state index contributed by atoms with van der Waals surface area (Å²) in [6.07, 6.45) is 0. The van der Waals surface area contributed by atoms with Gasteiger partial charge in [-0.1, -0.05) is 30.3 Å². The number of hydrogen-bond donors (Lipinski definition) is 0. The molecule has 4 heteroatoms. The van der Waals surface area contributed by atoms with E-state index in [1.54, 1.807) is 12.1 Å². The van der Waals surface area contributed by atoms with Gasteiger partial charge in [0, 0.05) is 31.7 Å². The highest BCUT2D eigenvalue weighted by Crippen LogP contribution is 2.21. The second-order valence-corrected chi connectivity index (χ2v) is 5.55. The number of amides is 1. The van der Waals surface area contributed by atoms with Crippen molar-refractivity contribution in [3.8, 4) is 0 Å². The van der Waals surface area contributed by atoms with Crippen molar-refractivity contribution in [2.24, 2.45) is 0 Å². The highest BCUT2D eigenvalue weighted by Gasteiger charge is 2.24. The van der Waals surface area contributed by atoms with Crippen LogP contribution in [0.2, 0.25) is 0 Å². The molecule has 1 amide bonds. The fraction of sp³-hybridized carbons (Fsp3) is 0.278. The third kappa shape index (κ3) is 2.82. The molecular formula is C18H19FN2O. The Morgan fingerprint density at radius 3 is 2.27 bits per heavy atom. The first-order valence-electron chi connectivity index (χ1n) is 7.51. The molecule has 0 bridgehead atoms. The van der Waals surface area contributed by atoms with Gasteiger partial charge in [0.25, 0.3) is 5.91 Å². The van der Waals surface area contributed by atoms with Gasteiger partial charge >= 0.3 is 0 Å². The van der Waals surface area contributed by atoms with Crippen molar-refractivity contribution in [3.63, 3.8) is 0 Å². The van der Waals surface area contributed by atoms with E-state index in [1.807, 2.05) is 47.1 Å². The zero-order valence-corrected chi connectivity index (χ0v) is 12.6. The normalized spacial score (nSPS) is 15.0. The molecule has 0 radical (unpaired) electrons. The second kappa shape index (κ2) is 6.18. The Labute approximate surface area is 130 Å². The highest BCUT2D eigenvalue weighted by molar-refractivity contribution is 5.95. The van der Waals surface area contributed by atoms with Crippen LogP contribution in [0.4, 0.5) is 10.1 Å². The van der Waals surface area contributed by atoms with Crippen LogP contribution in [0.5, 0.6) is 0 Å². The Bertz CT molecular complexity index is 678. The van der Waals surface area contributed by atoms with E-state index in [4.69, 9.17) is 0 Å². The van der Waals surface area contributed by atoms with E-state index in [0.29, 0.717) is 31.9 Å². The largest absolute Gasteiger partial charge is 0.366 e. The van der Waals surface area contributed by atoms with E-state index in [-0.39, 0.29) is 11.7 Å². The van der Waals surface area contributed by atoms with Crippen molar-refractivity contribution in [3.05, 3.63) is 65.5 Å². The van der Waals surface area contributed by atoms with Crippen molar-refractivity contribution >= 4 is 11.6 Å². The summed E-state index contributed by atoms with van der Waals surface area (Å²) in [5.41, 5.74) is 2.36. The van der Waals surface area contributed by atoms with Gasteiger partial charge in [0.15, 0.2) is 0 Å². The lowest BCUT2D eigenvalue weighted by molar-refractivity contribution is 0.0746. The molecular weight excluding hydrogens is 279 g/mol. The smallest absolute Gasteiger partial charge is 0.254 e. The van der Waals surface area contributed by atoms with Crippen LogP contribution in [-0.4, -0.2) is 37.0 Å². The summed E-state index contributed by atoms with van der Waals surface area (Å²) in [7, 11) is 0. The van der Waals surface area contributed by atoms with E-state index < -0.39 is 0 Å². The molecule has 3 nitrogen and oxygen atoms in total. The number of para-hydroxylation sites is 1. The summed E-state index contributed by atoms with van der Waals surface area (Å²) < 4.78 is 13.8. The molecule has 1 heterocycles. The first-order valence-corrected chi connectivity index (χ1v) is 7.51. The average molecular weight is 298 g/mol. The minimum atomic E-state index is -0.207. The first-order chi connectivity index (χ1) is 10.7. The monoisotopic (exact) mass is 298 g/mol. The first kappa shape index (κ1) is 14.6. The van der Waals surface area contributed by atoms with Crippen LogP contribution in [0.3, 0.4) is 0 Å². The Balaban J connectivity index is 1.68. The predicted molar refractivity (Wildman–Crippen MR) is 85.7 cm³/mol. The van der Waals surface area contributed by atoms with Gasteiger partial charge in [-0.05, 0) is 30.7 Å². The summed E-state index contributed by atoms with van der Waals surface area (Å²) in [5.74, 6) is -0.146. The maximum Gasteiger partial charge on any atom is 0.254 e. The average Bonchev–Trinajstić information content (AvgIpc) is 2.55. The van der Waals surface area contributed by atoms with Gasteiger partial charge in [-0.3, -0.25) is 4.79 Å². The molecule has 0 spiro atoms. The molecule has 2 aromatic carbocycles. The molecule has 0 N–H and O–H groups in total. The van der Waals surface area contributed by atoms with E-state index in [2.05, 4.69) is 0 Å². The molecule has 1 fully saturated rings. The van der Waals surface area contributed by atoms with Crippen molar-refractivity contribution in [1.82, 2.24) is 4.90 Å². The molecule has 114 valence electrons. The van der Waals surface area contributed by atoms with Crippen LogP contribution in [0.1, 0.15) is 15.9 Å². The second-order valence-electron chi connectivity index (χ2n) is 5.55. The fourth-order valence-electron chi connectivity index (χ4n) is 2.84. The number of aryl methyl sites for hydroxylation is 1. The fourth-order valence-corrected chi connectivity index (χ4v) is 2.84. The molecule has 0 atom stereocenters. The lowest BCUT2D eigenvalue weighted by Gasteiger charge is -2.36. The summed E-state index contributed by atoms with van der Waals surface area (Å²) in [4.78, 5) is 16.4. The number of carbonyl (C=O) groups excluding carboxylic acids is 1. The van der Waals surface area contributed by atoms with Gasteiger partial charge in [0.05, 0.1) is 5.69 Å². The number of benzene rings is 2. The molecule has 2 aromatic rings. The van der Waals surface area contributed by atoms with Crippen LogP contribution < -0.4 is 4.90 Å². The molecule has 1 aliphatic heterocycles. The van der Waals surface area contributed by atoms with Gasteiger partial charge in [-0.15, -0.1) is 0 Å². The number of piperazine rings is 1. The Hall–Kier alpha value is -2.36. The molecule has 0 aliphatic carbocycles. The van der Waals surface area contributed by atoms with E-state index in [1.165, 1.54) is 6.07 Å². The zero-order valence-electron chi connectivity index (χ0n) is 12.6. The number of nitrogens with zero attached hydrogens (tertiary/aromatic N) is 2. The van der Waals surface area contributed by atoms with Crippen molar-refractivity contribution in [2.75, 3.05) is 31.1 Å². The van der Waals surface area contributed by atoms with Crippen LogP contribution in [0, 0.1) is 12.7 Å². The number of rotatable bonds is 2. The molecule has 0 saturated carbocycles. The van der Waals surface area contributed by atoms with Crippen molar-refractivity contribution in [1.29, 1.82) is 0 Å². The molecule has 0 unspecified atom stereocenters. The Morgan fingerprint density at radius 2 is 1.59 bits per heavy atom. The lowest BCUT2D eigenvalue weighted by atomic mass is 10.1. The van der Waals surface area contributed by atoms with Crippen molar-refractivity contribution < 1.29 is 9.18 Å². The molecule has 0 aromatic heterocycles. The zero-order chi connectivity index (χ0) is 15.5. The number of hydrogen-bond acceptors (Lipinski definition) is 2. The van der Waals surface area contributed by atoms with Crippen LogP contribution in [0.15, 0.2) is 48.5 Å². The maximum absolute atomic E-state index is 13.8. The van der Waals surface area contributed by atoms with Crippen molar-refractivity contribution in [2.45, 2.75) is 6.92 Å². The quantitative estimate of drug-likeness (QED) is 0.850. The molecule has 22 heavy (non-hydrogen) atoms. The minimum absolute atomic E-state index is 0.0614. The minimum Gasteiger partial charge on any atom is -0.366 e. The topological polar surface area (TPSA) is 23.6 Å².